The quantitative estimate of drug-likeness (QED) is 0.797. The average Bonchev–Trinajstić information content (AvgIpc) is 3.14. The van der Waals surface area contributed by atoms with Gasteiger partial charge in [0.25, 0.3) is 0 Å². The Morgan fingerprint density at radius 1 is 1.00 bits per heavy atom. The van der Waals surface area contributed by atoms with Gasteiger partial charge in [0.2, 0.25) is 0 Å². The van der Waals surface area contributed by atoms with E-state index in [4.69, 9.17) is 12.2 Å². The van der Waals surface area contributed by atoms with Gasteiger partial charge in [0, 0.05) is 19.1 Å². The lowest BCUT2D eigenvalue weighted by Crippen LogP contribution is -2.44. The molecule has 1 N–H and O–H groups in total. The molecule has 0 bridgehead atoms. The molecule has 0 aliphatic heterocycles. The zero-order chi connectivity index (χ0) is 16.8. The Morgan fingerprint density at radius 2 is 1.67 bits per heavy atom. The second-order valence-electron chi connectivity index (χ2n) is 6.34. The Hall–Kier alpha value is -1.94. The molecule has 2 aromatic carbocycles. The third kappa shape index (κ3) is 4.54. The molecular formula is C20H23FN2S. The second kappa shape index (κ2) is 8.25. The zero-order valence-electron chi connectivity index (χ0n) is 13.7. The van der Waals surface area contributed by atoms with Crippen LogP contribution < -0.4 is 5.32 Å². The van der Waals surface area contributed by atoms with Crippen LogP contribution in [0.25, 0.3) is 0 Å². The lowest BCUT2D eigenvalue weighted by molar-refractivity contribution is 0.303. The van der Waals surface area contributed by atoms with Crippen molar-refractivity contribution in [2.45, 2.75) is 44.8 Å². The lowest BCUT2D eigenvalue weighted by atomic mass is 10.1. The minimum Gasteiger partial charge on any atom is -0.358 e. The molecule has 0 spiro atoms. The third-order valence-corrected chi connectivity index (χ3v) is 4.96. The standard InChI is InChI=1S/C20H23FN2S/c21-18-12-10-17(11-13-18)15-23(19-8-4-5-9-19)20(24)22-14-16-6-2-1-3-7-16/h1-3,6-7,10-13,19H,4-5,8-9,14-15H2,(H,22,24). The van der Waals surface area contributed by atoms with Gasteiger partial charge in [-0.25, -0.2) is 4.39 Å². The van der Waals surface area contributed by atoms with Crippen LogP contribution >= 0.6 is 12.2 Å². The van der Waals surface area contributed by atoms with Crippen LogP contribution in [-0.2, 0) is 13.1 Å². The molecule has 3 rings (SSSR count). The summed E-state index contributed by atoms with van der Waals surface area (Å²) in [5.74, 6) is -0.198. The van der Waals surface area contributed by atoms with Gasteiger partial charge >= 0.3 is 0 Å². The largest absolute Gasteiger partial charge is 0.358 e. The van der Waals surface area contributed by atoms with E-state index < -0.39 is 0 Å². The fraction of sp³-hybridized carbons (Fsp3) is 0.350. The normalized spacial score (nSPS) is 14.5. The molecule has 0 atom stereocenters. The van der Waals surface area contributed by atoms with E-state index in [0.717, 1.165) is 23.8 Å². The van der Waals surface area contributed by atoms with Gasteiger partial charge < -0.3 is 10.2 Å². The van der Waals surface area contributed by atoms with E-state index in [2.05, 4.69) is 22.3 Å². The Labute approximate surface area is 148 Å². The summed E-state index contributed by atoms with van der Waals surface area (Å²) in [7, 11) is 0. The molecule has 1 aliphatic rings. The fourth-order valence-corrected chi connectivity index (χ4v) is 3.53. The highest BCUT2D eigenvalue weighted by Crippen LogP contribution is 2.25. The van der Waals surface area contributed by atoms with Gasteiger partial charge in [0.15, 0.2) is 5.11 Å². The molecule has 4 heteroatoms. The maximum Gasteiger partial charge on any atom is 0.169 e. The highest BCUT2D eigenvalue weighted by Gasteiger charge is 2.24. The first-order chi connectivity index (χ1) is 11.7. The first-order valence-corrected chi connectivity index (χ1v) is 8.96. The molecule has 1 saturated carbocycles. The SMILES string of the molecule is Fc1ccc(CN(C(=S)NCc2ccccc2)C2CCCC2)cc1. The molecule has 24 heavy (non-hydrogen) atoms. The third-order valence-electron chi connectivity index (χ3n) is 4.58. The van der Waals surface area contributed by atoms with Crippen molar-refractivity contribution in [3.63, 3.8) is 0 Å². The fourth-order valence-electron chi connectivity index (χ4n) is 3.24. The lowest BCUT2D eigenvalue weighted by Gasteiger charge is -2.32. The summed E-state index contributed by atoms with van der Waals surface area (Å²) < 4.78 is 13.1. The van der Waals surface area contributed by atoms with Crippen molar-refractivity contribution in [3.8, 4) is 0 Å². The monoisotopic (exact) mass is 342 g/mol. The maximum absolute atomic E-state index is 13.1. The molecule has 0 radical (unpaired) electrons. The van der Waals surface area contributed by atoms with Crippen LogP contribution in [0, 0.1) is 5.82 Å². The molecule has 126 valence electrons. The van der Waals surface area contributed by atoms with Gasteiger partial charge in [0.1, 0.15) is 5.82 Å². The number of thiocarbonyl (C=S) groups is 1. The van der Waals surface area contributed by atoms with Crippen LogP contribution in [0.15, 0.2) is 54.6 Å². The Balaban J connectivity index is 1.66. The molecule has 0 amide bonds. The van der Waals surface area contributed by atoms with Crippen molar-refractivity contribution in [3.05, 3.63) is 71.5 Å². The number of hydrogen-bond acceptors (Lipinski definition) is 1. The average molecular weight is 342 g/mol. The van der Waals surface area contributed by atoms with Crippen molar-refractivity contribution >= 4 is 17.3 Å². The zero-order valence-corrected chi connectivity index (χ0v) is 14.6. The number of rotatable bonds is 5. The molecule has 0 aromatic heterocycles. The van der Waals surface area contributed by atoms with E-state index >= 15 is 0 Å². The summed E-state index contributed by atoms with van der Waals surface area (Å²) >= 11 is 5.68. The van der Waals surface area contributed by atoms with E-state index in [0.29, 0.717) is 6.04 Å². The summed E-state index contributed by atoms with van der Waals surface area (Å²) in [5, 5.41) is 4.18. The molecular weight excluding hydrogens is 319 g/mol. The van der Waals surface area contributed by atoms with Crippen LogP contribution in [0.1, 0.15) is 36.8 Å². The van der Waals surface area contributed by atoms with Crippen LogP contribution in [0.4, 0.5) is 4.39 Å². The molecule has 0 saturated heterocycles. The van der Waals surface area contributed by atoms with Crippen molar-refractivity contribution in [2.24, 2.45) is 0 Å². The smallest absolute Gasteiger partial charge is 0.169 e. The van der Waals surface area contributed by atoms with Crippen molar-refractivity contribution < 1.29 is 4.39 Å². The molecule has 2 nitrogen and oxygen atoms in total. The minimum atomic E-state index is -0.198. The van der Waals surface area contributed by atoms with Crippen molar-refractivity contribution in [1.29, 1.82) is 0 Å². The van der Waals surface area contributed by atoms with Gasteiger partial charge in [-0.3, -0.25) is 0 Å². The topological polar surface area (TPSA) is 15.3 Å². The summed E-state index contributed by atoms with van der Waals surface area (Å²) in [6.07, 6.45) is 4.86. The number of hydrogen-bond donors (Lipinski definition) is 1. The second-order valence-corrected chi connectivity index (χ2v) is 6.72. The van der Waals surface area contributed by atoms with Crippen molar-refractivity contribution in [2.75, 3.05) is 0 Å². The van der Waals surface area contributed by atoms with E-state index in [1.807, 2.05) is 30.3 Å². The molecule has 1 aliphatic carbocycles. The van der Waals surface area contributed by atoms with Crippen molar-refractivity contribution in [1.82, 2.24) is 10.2 Å². The van der Waals surface area contributed by atoms with Crippen LogP contribution in [-0.4, -0.2) is 16.1 Å². The van der Waals surface area contributed by atoms with E-state index in [-0.39, 0.29) is 5.82 Å². The number of nitrogens with zero attached hydrogens (tertiary/aromatic N) is 1. The predicted octanol–water partition coefficient (Wildman–Crippen LogP) is 4.65. The van der Waals surface area contributed by atoms with Gasteiger partial charge in [-0.1, -0.05) is 55.3 Å². The van der Waals surface area contributed by atoms with Gasteiger partial charge in [0.05, 0.1) is 0 Å². The Kier molecular flexibility index (Phi) is 5.81. The first-order valence-electron chi connectivity index (χ1n) is 8.55. The van der Waals surface area contributed by atoms with E-state index in [1.165, 1.54) is 43.4 Å². The molecule has 1 fully saturated rings. The highest BCUT2D eigenvalue weighted by molar-refractivity contribution is 7.80. The van der Waals surface area contributed by atoms with Crippen LogP contribution in [0.5, 0.6) is 0 Å². The maximum atomic E-state index is 13.1. The highest BCUT2D eigenvalue weighted by atomic mass is 32.1. The van der Waals surface area contributed by atoms with Crippen LogP contribution in [0.3, 0.4) is 0 Å². The molecule has 0 heterocycles. The van der Waals surface area contributed by atoms with Crippen LogP contribution in [0.2, 0.25) is 0 Å². The summed E-state index contributed by atoms with van der Waals surface area (Å²) in [6.45, 7) is 1.46. The summed E-state index contributed by atoms with van der Waals surface area (Å²) in [6, 6.07) is 17.5. The minimum absolute atomic E-state index is 0.198. The first kappa shape index (κ1) is 16.9. The van der Waals surface area contributed by atoms with Gasteiger partial charge in [-0.05, 0) is 48.3 Å². The number of halogens is 1. The number of benzene rings is 2. The Bertz CT molecular complexity index is 651. The summed E-state index contributed by atoms with van der Waals surface area (Å²) in [5.41, 5.74) is 2.31. The number of nitrogens with one attached hydrogen (secondary N) is 1. The summed E-state index contributed by atoms with van der Waals surface area (Å²) in [4.78, 5) is 2.28. The van der Waals surface area contributed by atoms with Gasteiger partial charge in [-0.15, -0.1) is 0 Å². The van der Waals surface area contributed by atoms with Gasteiger partial charge in [-0.2, -0.15) is 0 Å². The predicted molar refractivity (Wildman–Crippen MR) is 100 cm³/mol. The Morgan fingerprint density at radius 3 is 2.33 bits per heavy atom. The van der Waals surface area contributed by atoms with E-state index in [9.17, 15) is 4.39 Å². The molecule has 0 unspecified atom stereocenters. The molecule has 2 aromatic rings. The van der Waals surface area contributed by atoms with E-state index in [1.54, 1.807) is 0 Å².